The lowest BCUT2D eigenvalue weighted by Gasteiger charge is -2.26. The molecule has 0 unspecified atom stereocenters. The Morgan fingerprint density at radius 3 is 2.92 bits per heavy atom. The highest BCUT2D eigenvalue weighted by molar-refractivity contribution is 5.79. The molecule has 0 saturated heterocycles. The molecule has 0 bridgehead atoms. The number of aliphatic imine (C=N–C) groups is 1. The maximum Gasteiger partial charge on any atom is 0.191 e. The fraction of sp³-hybridized carbons (Fsp3) is 0.500. The van der Waals surface area contributed by atoms with E-state index in [0.717, 1.165) is 36.6 Å². The van der Waals surface area contributed by atoms with Crippen LogP contribution in [0.1, 0.15) is 37.5 Å². The molecule has 1 aromatic heterocycles. The van der Waals surface area contributed by atoms with Gasteiger partial charge in [-0.05, 0) is 24.1 Å². The predicted octanol–water partition coefficient (Wildman–Crippen LogP) is 2.01. The Bertz CT molecular complexity index is 765. The van der Waals surface area contributed by atoms with Crippen LogP contribution in [0.25, 0.3) is 0 Å². The van der Waals surface area contributed by atoms with Gasteiger partial charge in [-0.15, -0.1) is 10.2 Å². The highest BCUT2D eigenvalue weighted by Crippen LogP contribution is 2.22. The fourth-order valence-corrected chi connectivity index (χ4v) is 3.04. The van der Waals surface area contributed by atoms with Crippen LogP contribution < -0.4 is 10.6 Å². The Kier molecular flexibility index (Phi) is 5.01. The SMILES string of the molecule is CN=C(NCc1nnc2n1CCC2)NCC(C)(C)c1cccc(F)c1. The number of hydrogen-bond donors (Lipinski definition) is 2. The van der Waals surface area contributed by atoms with Crippen molar-refractivity contribution in [1.29, 1.82) is 0 Å². The van der Waals surface area contributed by atoms with Crippen LogP contribution in [-0.2, 0) is 24.9 Å². The highest BCUT2D eigenvalue weighted by Gasteiger charge is 2.22. The third-order valence-corrected chi connectivity index (χ3v) is 4.63. The van der Waals surface area contributed by atoms with E-state index in [1.807, 2.05) is 6.07 Å². The lowest BCUT2D eigenvalue weighted by Crippen LogP contribution is -2.43. The minimum absolute atomic E-state index is 0.214. The molecule has 1 aliphatic rings. The smallest absolute Gasteiger partial charge is 0.191 e. The third-order valence-electron chi connectivity index (χ3n) is 4.63. The topological polar surface area (TPSA) is 67.1 Å². The van der Waals surface area contributed by atoms with Crippen LogP contribution >= 0.6 is 0 Å². The lowest BCUT2D eigenvalue weighted by molar-refractivity contribution is 0.502. The zero-order valence-corrected chi connectivity index (χ0v) is 15.0. The first-order valence-electron chi connectivity index (χ1n) is 8.61. The molecule has 25 heavy (non-hydrogen) atoms. The van der Waals surface area contributed by atoms with Gasteiger partial charge in [0.2, 0.25) is 0 Å². The van der Waals surface area contributed by atoms with Crippen molar-refractivity contribution in [3.05, 3.63) is 47.3 Å². The normalized spacial score (nSPS) is 14.5. The number of halogens is 1. The van der Waals surface area contributed by atoms with Crippen molar-refractivity contribution in [1.82, 2.24) is 25.4 Å². The van der Waals surface area contributed by atoms with E-state index in [-0.39, 0.29) is 11.2 Å². The lowest BCUT2D eigenvalue weighted by atomic mass is 9.84. The average molecular weight is 344 g/mol. The van der Waals surface area contributed by atoms with Gasteiger partial charge in [0.25, 0.3) is 0 Å². The highest BCUT2D eigenvalue weighted by atomic mass is 19.1. The summed E-state index contributed by atoms with van der Waals surface area (Å²) in [6.45, 7) is 6.35. The van der Waals surface area contributed by atoms with E-state index in [1.54, 1.807) is 19.2 Å². The number of benzene rings is 1. The van der Waals surface area contributed by atoms with Crippen molar-refractivity contribution in [2.75, 3.05) is 13.6 Å². The maximum absolute atomic E-state index is 13.5. The number of guanidine groups is 1. The van der Waals surface area contributed by atoms with Crippen molar-refractivity contribution in [2.45, 2.75) is 45.2 Å². The number of fused-ring (bicyclic) bond motifs is 1. The summed E-state index contributed by atoms with van der Waals surface area (Å²) in [7, 11) is 1.73. The standard InChI is InChI=1S/C18H25FN6/c1-18(2,13-6-4-7-14(19)10-13)12-22-17(20-3)21-11-16-24-23-15-8-5-9-25(15)16/h4,6-7,10H,5,8-9,11-12H2,1-3H3,(H2,20,21,22). The minimum Gasteiger partial charge on any atom is -0.356 e. The molecule has 134 valence electrons. The van der Waals surface area contributed by atoms with Gasteiger partial charge in [-0.2, -0.15) is 0 Å². The number of hydrogen-bond acceptors (Lipinski definition) is 3. The zero-order chi connectivity index (χ0) is 17.9. The molecule has 1 aliphatic heterocycles. The Balaban J connectivity index is 1.57. The third kappa shape index (κ3) is 3.97. The molecular weight excluding hydrogens is 319 g/mol. The predicted molar refractivity (Wildman–Crippen MR) is 96.0 cm³/mol. The summed E-state index contributed by atoms with van der Waals surface area (Å²) in [6, 6.07) is 6.73. The summed E-state index contributed by atoms with van der Waals surface area (Å²) in [5.74, 6) is 2.47. The Morgan fingerprint density at radius 1 is 1.32 bits per heavy atom. The van der Waals surface area contributed by atoms with Crippen LogP contribution in [0, 0.1) is 5.82 Å². The molecule has 0 aliphatic carbocycles. The van der Waals surface area contributed by atoms with E-state index in [0.29, 0.717) is 19.0 Å². The molecule has 0 fully saturated rings. The van der Waals surface area contributed by atoms with Crippen molar-refractivity contribution in [3.8, 4) is 0 Å². The van der Waals surface area contributed by atoms with E-state index in [4.69, 9.17) is 0 Å². The summed E-state index contributed by atoms with van der Waals surface area (Å²) in [5.41, 5.74) is 0.723. The number of nitrogens with zero attached hydrogens (tertiary/aromatic N) is 4. The fourth-order valence-electron chi connectivity index (χ4n) is 3.04. The molecule has 3 rings (SSSR count). The van der Waals surface area contributed by atoms with Gasteiger partial charge in [0.05, 0.1) is 6.54 Å². The molecule has 2 N–H and O–H groups in total. The van der Waals surface area contributed by atoms with Crippen LogP contribution in [0.15, 0.2) is 29.3 Å². The molecule has 6 nitrogen and oxygen atoms in total. The van der Waals surface area contributed by atoms with Gasteiger partial charge in [0, 0.05) is 32.0 Å². The summed E-state index contributed by atoms with van der Waals surface area (Å²) in [6.07, 6.45) is 2.13. The first kappa shape index (κ1) is 17.4. The Hall–Kier alpha value is -2.44. The van der Waals surface area contributed by atoms with Crippen LogP contribution in [0.4, 0.5) is 4.39 Å². The summed E-state index contributed by atoms with van der Waals surface area (Å²) in [5, 5.41) is 15.0. The number of nitrogens with one attached hydrogen (secondary N) is 2. The van der Waals surface area contributed by atoms with Crippen molar-refractivity contribution >= 4 is 5.96 Å². The monoisotopic (exact) mass is 344 g/mol. The second kappa shape index (κ2) is 7.21. The van der Waals surface area contributed by atoms with Gasteiger partial charge < -0.3 is 15.2 Å². The largest absolute Gasteiger partial charge is 0.356 e. The average Bonchev–Trinajstić information content (AvgIpc) is 3.19. The number of aromatic nitrogens is 3. The molecule has 0 radical (unpaired) electrons. The maximum atomic E-state index is 13.5. The van der Waals surface area contributed by atoms with Gasteiger partial charge in [-0.1, -0.05) is 26.0 Å². The summed E-state index contributed by atoms with van der Waals surface area (Å²) < 4.78 is 15.6. The van der Waals surface area contributed by atoms with E-state index >= 15 is 0 Å². The number of rotatable bonds is 5. The number of aryl methyl sites for hydroxylation is 1. The molecule has 0 saturated carbocycles. The van der Waals surface area contributed by atoms with Crippen LogP contribution in [0.5, 0.6) is 0 Å². The van der Waals surface area contributed by atoms with Crippen LogP contribution in [-0.4, -0.2) is 34.3 Å². The van der Waals surface area contributed by atoms with Gasteiger partial charge in [-0.3, -0.25) is 4.99 Å². The van der Waals surface area contributed by atoms with Gasteiger partial charge in [0.1, 0.15) is 11.6 Å². The first-order chi connectivity index (χ1) is 12.0. The Labute approximate surface area is 147 Å². The summed E-state index contributed by atoms with van der Waals surface area (Å²) in [4.78, 5) is 4.26. The van der Waals surface area contributed by atoms with Crippen LogP contribution in [0.2, 0.25) is 0 Å². The second-order valence-electron chi connectivity index (χ2n) is 6.96. The molecule has 2 heterocycles. The molecule has 1 aromatic carbocycles. The van der Waals surface area contributed by atoms with E-state index in [9.17, 15) is 4.39 Å². The van der Waals surface area contributed by atoms with Crippen molar-refractivity contribution < 1.29 is 4.39 Å². The van der Waals surface area contributed by atoms with E-state index in [1.165, 1.54) is 6.07 Å². The van der Waals surface area contributed by atoms with E-state index < -0.39 is 0 Å². The summed E-state index contributed by atoms with van der Waals surface area (Å²) >= 11 is 0. The molecule has 0 amide bonds. The van der Waals surface area contributed by atoms with Gasteiger partial charge >= 0.3 is 0 Å². The molecule has 0 atom stereocenters. The van der Waals surface area contributed by atoms with Crippen LogP contribution in [0.3, 0.4) is 0 Å². The molecule has 7 heteroatoms. The van der Waals surface area contributed by atoms with E-state index in [2.05, 4.69) is 44.2 Å². The van der Waals surface area contributed by atoms with Gasteiger partial charge in [0.15, 0.2) is 11.8 Å². The zero-order valence-electron chi connectivity index (χ0n) is 15.0. The Morgan fingerprint density at radius 2 is 2.16 bits per heavy atom. The second-order valence-corrected chi connectivity index (χ2v) is 6.96. The molecule has 2 aromatic rings. The molecule has 0 spiro atoms. The minimum atomic E-state index is -0.226. The van der Waals surface area contributed by atoms with Crippen molar-refractivity contribution in [2.24, 2.45) is 4.99 Å². The quantitative estimate of drug-likeness (QED) is 0.643. The first-order valence-corrected chi connectivity index (χ1v) is 8.61. The van der Waals surface area contributed by atoms with Gasteiger partial charge in [-0.25, -0.2) is 4.39 Å². The van der Waals surface area contributed by atoms with Crippen molar-refractivity contribution in [3.63, 3.8) is 0 Å². The molecular formula is C18H25FN6.